The van der Waals surface area contributed by atoms with Gasteiger partial charge in [-0.1, -0.05) is 12.1 Å². The highest BCUT2D eigenvalue weighted by Crippen LogP contribution is 2.21. The lowest BCUT2D eigenvalue weighted by Gasteiger charge is -2.10. The Balaban J connectivity index is 2.40. The van der Waals surface area contributed by atoms with Gasteiger partial charge in [-0.2, -0.15) is 0 Å². The average Bonchev–Trinajstić information content (AvgIpc) is 2.29. The molecule has 0 radical (unpaired) electrons. The summed E-state index contributed by atoms with van der Waals surface area (Å²) in [5.41, 5.74) is 0.915. The lowest BCUT2D eigenvalue weighted by Crippen LogP contribution is -2.21. The molecule has 1 N–H and O–H groups in total. The molecule has 1 unspecified atom stereocenters. The first-order valence-corrected chi connectivity index (χ1v) is 6.60. The zero-order valence-corrected chi connectivity index (χ0v) is 11.3. The molecule has 0 spiro atoms. The molecule has 0 fully saturated rings. The van der Waals surface area contributed by atoms with Crippen molar-refractivity contribution in [2.45, 2.75) is 24.3 Å². The Labute approximate surface area is 107 Å². The number of carbonyl (C=O) groups is 1. The summed E-state index contributed by atoms with van der Waals surface area (Å²) in [6, 6.07) is 7.79. The van der Waals surface area contributed by atoms with Gasteiger partial charge in [-0.05, 0) is 24.6 Å². The maximum absolute atomic E-state index is 11.4. The van der Waals surface area contributed by atoms with Crippen LogP contribution in [0.25, 0.3) is 0 Å². The molecule has 0 aliphatic heterocycles. The van der Waals surface area contributed by atoms with Crippen LogP contribution in [0.15, 0.2) is 29.2 Å². The van der Waals surface area contributed by atoms with Crippen LogP contribution < -0.4 is 0 Å². The quantitative estimate of drug-likeness (QED) is 0.819. The Kier molecular flexibility index (Phi) is 5.51. The fraction of sp³-hybridized carbons (Fsp3) is 0.462. The molecule has 94 valence electrons. The monoisotopic (exact) mass is 253 g/mol. The van der Waals surface area contributed by atoms with Crippen LogP contribution in [0.5, 0.6) is 0 Å². The summed E-state index contributed by atoms with van der Waals surface area (Å²) in [5, 5.41) is 9.37. The molecule has 0 aliphatic rings. The molecule has 0 bridgehead atoms. The summed E-state index contributed by atoms with van der Waals surface area (Å²) in [6.45, 7) is 1.75. The number of hydrogen-bond acceptors (Lipinski definition) is 3. The number of nitrogens with zero attached hydrogens (tertiary/aromatic N) is 1. The van der Waals surface area contributed by atoms with Crippen LogP contribution in [0, 0.1) is 0 Å². The third-order valence-corrected chi connectivity index (χ3v) is 3.46. The number of benzene rings is 1. The van der Waals surface area contributed by atoms with Crippen LogP contribution in [0.2, 0.25) is 0 Å². The van der Waals surface area contributed by atoms with Gasteiger partial charge in [0.05, 0.1) is 6.10 Å². The normalized spacial score (nSPS) is 12.2. The standard InChI is InChI=1S/C13H19NO2S/c1-10(15)11-4-6-12(7-5-11)17-9-8-13(16)14(2)3/h4-7,10,15H,8-9H2,1-3H3. The van der Waals surface area contributed by atoms with E-state index >= 15 is 0 Å². The highest BCUT2D eigenvalue weighted by molar-refractivity contribution is 7.99. The molecule has 1 aromatic rings. The topological polar surface area (TPSA) is 40.5 Å². The zero-order chi connectivity index (χ0) is 12.8. The van der Waals surface area contributed by atoms with Crippen LogP contribution in [-0.2, 0) is 4.79 Å². The van der Waals surface area contributed by atoms with E-state index in [-0.39, 0.29) is 5.91 Å². The molecule has 0 aromatic heterocycles. The van der Waals surface area contributed by atoms with Crippen molar-refractivity contribution in [2.24, 2.45) is 0 Å². The van der Waals surface area contributed by atoms with Crippen LogP contribution in [-0.4, -0.2) is 35.8 Å². The highest BCUT2D eigenvalue weighted by Gasteiger charge is 2.04. The van der Waals surface area contributed by atoms with E-state index in [0.717, 1.165) is 16.2 Å². The van der Waals surface area contributed by atoms with Crippen LogP contribution >= 0.6 is 11.8 Å². The van der Waals surface area contributed by atoms with E-state index in [1.54, 1.807) is 37.7 Å². The summed E-state index contributed by atoms with van der Waals surface area (Å²) in [7, 11) is 3.54. The van der Waals surface area contributed by atoms with Crippen molar-refractivity contribution in [3.63, 3.8) is 0 Å². The van der Waals surface area contributed by atoms with E-state index in [2.05, 4.69) is 0 Å². The van der Waals surface area contributed by atoms with Gasteiger partial charge in [-0.25, -0.2) is 0 Å². The lowest BCUT2D eigenvalue weighted by atomic mass is 10.1. The van der Waals surface area contributed by atoms with Crippen molar-refractivity contribution in [1.29, 1.82) is 0 Å². The minimum atomic E-state index is -0.427. The summed E-state index contributed by atoms with van der Waals surface area (Å²) < 4.78 is 0. The number of aliphatic hydroxyl groups excluding tert-OH is 1. The van der Waals surface area contributed by atoms with Crippen LogP contribution in [0.4, 0.5) is 0 Å². The molecule has 1 atom stereocenters. The van der Waals surface area contributed by atoms with Gasteiger partial charge in [0, 0.05) is 31.2 Å². The molecule has 1 rings (SSSR count). The molecular weight excluding hydrogens is 234 g/mol. The minimum absolute atomic E-state index is 0.151. The van der Waals surface area contributed by atoms with Crippen LogP contribution in [0.1, 0.15) is 25.0 Å². The Bertz CT molecular complexity index is 360. The molecule has 3 nitrogen and oxygen atoms in total. The fourth-order valence-electron chi connectivity index (χ4n) is 1.32. The molecule has 1 aromatic carbocycles. The average molecular weight is 253 g/mol. The van der Waals surface area contributed by atoms with E-state index in [1.165, 1.54) is 0 Å². The number of thioether (sulfide) groups is 1. The lowest BCUT2D eigenvalue weighted by molar-refractivity contribution is -0.128. The molecule has 0 heterocycles. The van der Waals surface area contributed by atoms with Crippen LogP contribution in [0.3, 0.4) is 0 Å². The third-order valence-electron chi connectivity index (χ3n) is 2.45. The summed E-state index contributed by atoms with van der Waals surface area (Å²) in [4.78, 5) is 14.1. The van der Waals surface area contributed by atoms with Gasteiger partial charge in [0.1, 0.15) is 0 Å². The summed E-state index contributed by atoms with van der Waals surface area (Å²) in [5.74, 6) is 0.934. The molecule has 1 amide bonds. The van der Waals surface area contributed by atoms with Crippen molar-refractivity contribution in [3.05, 3.63) is 29.8 Å². The maximum Gasteiger partial charge on any atom is 0.222 e. The molecule has 17 heavy (non-hydrogen) atoms. The van der Waals surface area contributed by atoms with Gasteiger partial charge in [-0.3, -0.25) is 4.79 Å². The number of carbonyl (C=O) groups excluding carboxylic acids is 1. The second-order valence-corrected chi connectivity index (χ2v) is 5.30. The zero-order valence-electron chi connectivity index (χ0n) is 10.5. The van der Waals surface area contributed by atoms with Crippen molar-refractivity contribution in [1.82, 2.24) is 4.90 Å². The molecule has 4 heteroatoms. The molecule has 0 saturated heterocycles. The fourth-order valence-corrected chi connectivity index (χ4v) is 2.16. The summed E-state index contributed by atoms with van der Waals surface area (Å²) in [6.07, 6.45) is 0.125. The van der Waals surface area contributed by atoms with Gasteiger partial charge in [0.2, 0.25) is 5.91 Å². The third kappa shape index (κ3) is 4.79. The predicted octanol–water partition coefficient (Wildman–Crippen LogP) is 2.31. The van der Waals surface area contributed by atoms with E-state index in [1.807, 2.05) is 24.3 Å². The van der Waals surface area contributed by atoms with Gasteiger partial charge >= 0.3 is 0 Å². The Morgan fingerprint density at radius 1 is 1.35 bits per heavy atom. The minimum Gasteiger partial charge on any atom is -0.389 e. The first kappa shape index (κ1) is 14.1. The first-order valence-electron chi connectivity index (χ1n) is 5.61. The Morgan fingerprint density at radius 3 is 2.41 bits per heavy atom. The molecule has 0 saturated carbocycles. The van der Waals surface area contributed by atoms with Crippen molar-refractivity contribution < 1.29 is 9.90 Å². The smallest absolute Gasteiger partial charge is 0.222 e. The number of hydrogen-bond donors (Lipinski definition) is 1. The van der Waals surface area contributed by atoms with E-state index < -0.39 is 6.10 Å². The van der Waals surface area contributed by atoms with Gasteiger partial charge in [0.25, 0.3) is 0 Å². The van der Waals surface area contributed by atoms with Gasteiger partial charge in [0.15, 0.2) is 0 Å². The largest absolute Gasteiger partial charge is 0.389 e. The Morgan fingerprint density at radius 2 is 1.94 bits per heavy atom. The Hall–Kier alpha value is -1.00. The van der Waals surface area contributed by atoms with Gasteiger partial charge in [-0.15, -0.1) is 11.8 Å². The van der Waals surface area contributed by atoms with E-state index in [4.69, 9.17) is 0 Å². The van der Waals surface area contributed by atoms with E-state index in [0.29, 0.717) is 6.42 Å². The molecular formula is C13H19NO2S. The second kappa shape index (κ2) is 6.67. The van der Waals surface area contributed by atoms with Crippen molar-refractivity contribution >= 4 is 17.7 Å². The SMILES string of the molecule is CC(O)c1ccc(SCCC(=O)N(C)C)cc1. The second-order valence-electron chi connectivity index (χ2n) is 4.13. The maximum atomic E-state index is 11.4. The molecule has 0 aliphatic carbocycles. The first-order chi connectivity index (χ1) is 8.00. The van der Waals surface area contributed by atoms with Gasteiger partial charge < -0.3 is 10.0 Å². The predicted molar refractivity (Wildman–Crippen MR) is 71.1 cm³/mol. The number of aliphatic hydroxyl groups is 1. The number of rotatable bonds is 5. The van der Waals surface area contributed by atoms with E-state index in [9.17, 15) is 9.90 Å². The summed E-state index contributed by atoms with van der Waals surface area (Å²) >= 11 is 1.66. The van der Waals surface area contributed by atoms with Crippen molar-refractivity contribution in [3.8, 4) is 0 Å². The highest BCUT2D eigenvalue weighted by atomic mass is 32.2. The van der Waals surface area contributed by atoms with Crippen molar-refractivity contribution in [2.75, 3.05) is 19.8 Å². The number of amides is 1.